The number of rotatable bonds is 1. The Bertz CT molecular complexity index is 396. The summed E-state index contributed by atoms with van der Waals surface area (Å²) in [5.41, 5.74) is 1.62. The fourth-order valence-electron chi connectivity index (χ4n) is 1.07. The molecule has 0 spiro atoms. The van der Waals surface area contributed by atoms with Crippen molar-refractivity contribution in [3.05, 3.63) is 39.1 Å². The van der Waals surface area contributed by atoms with Crippen molar-refractivity contribution >= 4 is 17.0 Å². The van der Waals surface area contributed by atoms with Crippen molar-refractivity contribution in [3.8, 4) is 11.1 Å². The molecular formula is C8H4NO2S. The molecule has 4 heteroatoms. The van der Waals surface area contributed by atoms with Crippen molar-refractivity contribution in [2.45, 2.75) is 0 Å². The minimum Gasteiger partial charge on any atom is -0.258 e. The van der Waals surface area contributed by atoms with Crippen LogP contribution in [0.25, 0.3) is 11.1 Å². The van der Waals surface area contributed by atoms with Crippen molar-refractivity contribution in [1.29, 1.82) is 0 Å². The van der Waals surface area contributed by atoms with Crippen LogP contribution in [0, 0.1) is 16.2 Å². The van der Waals surface area contributed by atoms with Crippen molar-refractivity contribution in [2.24, 2.45) is 0 Å². The fraction of sp³-hybridized carbons (Fsp3) is 0. The Morgan fingerprint density at radius 3 is 3.17 bits per heavy atom. The summed E-state index contributed by atoms with van der Waals surface area (Å²) < 4.78 is 0. The maximum atomic E-state index is 10.5. The number of nitrogens with zero attached hydrogens (tertiary/aromatic N) is 1. The van der Waals surface area contributed by atoms with Crippen LogP contribution >= 0.6 is 11.3 Å². The molecule has 0 aromatic heterocycles. The van der Waals surface area contributed by atoms with Crippen LogP contribution in [0.4, 0.5) is 5.69 Å². The van der Waals surface area contributed by atoms with Crippen molar-refractivity contribution in [3.63, 3.8) is 0 Å². The van der Waals surface area contributed by atoms with Gasteiger partial charge in [0.1, 0.15) is 0 Å². The van der Waals surface area contributed by atoms with E-state index in [9.17, 15) is 10.1 Å². The zero-order chi connectivity index (χ0) is 8.55. The van der Waals surface area contributed by atoms with Gasteiger partial charge in [0.15, 0.2) is 0 Å². The lowest BCUT2D eigenvalue weighted by Gasteiger charge is -1.93. The Hall–Kier alpha value is -1.42. The second-order valence-electron chi connectivity index (χ2n) is 2.32. The molecule has 0 saturated carbocycles. The first-order chi connectivity index (χ1) is 5.79. The van der Waals surface area contributed by atoms with Crippen LogP contribution < -0.4 is 0 Å². The molecule has 1 heterocycles. The predicted octanol–water partition coefficient (Wildman–Crippen LogP) is 2.56. The molecule has 0 unspecified atom stereocenters. The molecule has 0 atom stereocenters. The zero-order valence-electron chi connectivity index (χ0n) is 5.98. The van der Waals surface area contributed by atoms with Gasteiger partial charge < -0.3 is 0 Å². The summed E-state index contributed by atoms with van der Waals surface area (Å²) in [6.45, 7) is 0. The monoisotopic (exact) mass is 178 g/mol. The third-order valence-electron chi connectivity index (χ3n) is 1.63. The van der Waals surface area contributed by atoms with E-state index in [1.54, 1.807) is 5.38 Å². The van der Waals surface area contributed by atoms with Crippen LogP contribution in [0.5, 0.6) is 0 Å². The molecule has 12 heavy (non-hydrogen) atoms. The molecule has 0 N–H and O–H groups in total. The standard InChI is InChI=1S/C8H4NO2S/c10-9(11)8-2-1-6-3-4-12-5-7(6)8/h2-5H. The summed E-state index contributed by atoms with van der Waals surface area (Å²) in [4.78, 5) is 10.1. The Morgan fingerprint density at radius 2 is 2.42 bits per heavy atom. The highest BCUT2D eigenvalue weighted by Gasteiger charge is 2.17. The van der Waals surface area contributed by atoms with Crippen LogP contribution in [0.15, 0.2) is 22.9 Å². The Kier molecular flexibility index (Phi) is 1.55. The third-order valence-corrected chi connectivity index (χ3v) is 2.29. The SMILES string of the molecule is O=[N+]([O-])c1c[c]c2ccscc1-2. The molecule has 1 radical (unpaired) electrons. The summed E-state index contributed by atoms with van der Waals surface area (Å²) in [7, 11) is 0. The molecule has 0 bridgehead atoms. The number of fused-ring (bicyclic) bond motifs is 1. The summed E-state index contributed by atoms with van der Waals surface area (Å²) in [5.74, 6) is 0. The molecule has 1 aliphatic heterocycles. The first-order valence-electron chi connectivity index (χ1n) is 3.30. The molecule has 2 rings (SSSR count). The Labute approximate surface area is 72.8 Å². The minimum atomic E-state index is -0.383. The largest absolute Gasteiger partial charge is 0.278 e. The maximum Gasteiger partial charge on any atom is 0.278 e. The van der Waals surface area contributed by atoms with E-state index in [1.807, 2.05) is 11.4 Å². The van der Waals surface area contributed by atoms with Gasteiger partial charge in [0, 0.05) is 11.4 Å². The highest BCUT2D eigenvalue weighted by atomic mass is 32.1. The topological polar surface area (TPSA) is 43.1 Å². The van der Waals surface area contributed by atoms with Gasteiger partial charge in [0.05, 0.1) is 10.5 Å². The molecule has 0 aromatic carbocycles. The molecule has 2 aliphatic rings. The summed E-state index contributed by atoms with van der Waals surface area (Å²) >= 11 is 1.44. The summed E-state index contributed by atoms with van der Waals surface area (Å²) in [5, 5.41) is 14.1. The Balaban J connectivity index is 2.67. The average Bonchev–Trinajstić information content (AvgIpc) is 2.47. The molecule has 1 aliphatic carbocycles. The van der Waals surface area contributed by atoms with Gasteiger partial charge in [0.25, 0.3) is 5.69 Å². The molecular weight excluding hydrogens is 174 g/mol. The van der Waals surface area contributed by atoms with E-state index in [0.29, 0.717) is 5.56 Å². The molecule has 59 valence electrons. The molecule has 0 amide bonds. The highest BCUT2D eigenvalue weighted by molar-refractivity contribution is 7.08. The number of hydrogen-bond donors (Lipinski definition) is 0. The first kappa shape index (κ1) is 7.24. The van der Waals surface area contributed by atoms with Gasteiger partial charge in [-0.25, -0.2) is 0 Å². The van der Waals surface area contributed by atoms with Gasteiger partial charge in [-0.05, 0) is 23.1 Å². The smallest absolute Gasteiger partial charge is 0.258 e. The van der Waals surface area contributed by atoms with Gasteiger partial charge >= 0.3 is 0 Å². The van der Waals surface area contributed by atoms with Crippen LogP contribution in [-0.4, -0.2) is 4.92 Å². The van der Waals surface area contributed by atoms with Crippen LogP contribution in [0.2, 0.25) is 0 Å². The van der Waals surface area contributed by atoms with Crippen LogP contribution in [0.3, 0.4) is 0 Å². The van der Waals surface area contributed by atoms with Gasteiger partial charge in [-0.2, -0.15) is 11.3 Å². The van der Waals surface area contributed by atoms with E-state index in [1.165, 1.54) is 17.4 Å². The fourth-order valence-corrected chi connectivity index (χ4v) is 1.74. The number of nitro groups is 1. The quantitative estimate of drug-likeness (QED) is 0.497. The lowest BCUT2D eigenvalue weighted by atomic mass is 10.2. The van der Waals surface area contributed by atoms with Crippen molar-refractivity contribution < 1.29 is 4.92 Å². The van der Waals surface area contributed by atoms with Gasteiger partial charge in [-0.3, -0.25) is 10.1 Å². The first-order valence-corrected chi connectivity index (χ1v) is 4.24. The van der Waals surface area contributed by atoms with E-state index in [4.69, 9.17) is 0 Å². The zero-order valence-corrected chi connectivity index (χ0v) is 6.80. The third kappa shape index (κ3) is 0.967. The number of hydrogen-bond acceptors (Lipinski definition) is 3. The second-order valence-corrected chi connectivity index (χ2v) is 3.10. The van der Waals surface area contributed by atoms with E-state index in [2.05, 4.69) is 6.07 Å². The van der Waals surface area contributed by atoms with Crippen LogP contribution in [0.1, 0.15) is 0 Å². The molecule has 0 saturated heterocycles. The van der Waals surface area contributed by atoms with E-state index < -0.39 is 0 Å². The van der Waals surface area contributed by atoms with E-state index >= 15 is 0 Å². The molecule has 0 fully saturated rings. The predicted molar refractivity (Wildman–Crippen MR) is 46.4 cm³/mol. The molecule has 3 nitrogen and oxygen atoms in total. The van der Waals surface area contributed by atoms with Crippen molar-refractivity contribution in [1.82, 2.24) is 0 Å². The summed E-state index contributed by atoms with van der Waals surface area (Å²) in [6, 6.07) is 6.07. The van der Waals surface area contributed by atoms with Gasteiger partial charge in [0.2, 0.25) is 0 Å². The van der Waals surface area contributed by atoms with Crippen LogP contribution in [-0.2, 0) is 0 Å². The van der Waals surface area contributed by atoms with E-state index in [0.717, 1.165) is 5.56 Å². The molecule has 0 aromatic rings. The highest BCUT2D eigenvalue weighted by Crippen LogP contribution is 2.33. The minimum absolute atomic E-state index is 0.141. The average molecular weight is 178 g/mol. The van der Waals surface area contributed by atoms with Gasteiger partial charge in [-0.15, -0.1) is 0 Å². The van der Waals surface area contributed by atoms with E-state index in [-0.39, 0.29) is 10.6 Å². The maximum absolute atomic E-state index is 10.5. The second kappa shape index (κ2) is 2.57. The lowest BCUT2D eigenvalue weighted by molar-refractivity contribution is -0.383. The lowest BCUT2D eigenvalue weighted by Crippen LogP contribution is -1.85. The Morgan fingerprint density at radius 1 is 1.58 bits per heavy atom. The van der Waals surface area contributed by atoms with Gasteiger partial charge in [-0.1, -0.05) is 0 Å². The van der Waals surface area contributed by atoms with Crippen molar-refractivity contribution in [2.75, 3.05) is 0 Å². The summed E-state index contributed by atoms with van der Waals surface area (Å²) in [6.07, 6.45) is 0. The normalized spacial score (nSPS) is 10.3.